The first kappa shape index (κ1) is 16.9. The Balaban J connectivity index is 4.16. The van der Waals surface area contributed by atoms with E-state index < -0.39 is 0 Å². The topological polar surface area (TPSA) is 49.7 Å². The second kappa shape index (κ2) is 8.06. The molecule has 0 bridgehead atoms. The standard InChI is InChI=1S/C14H30O3/c1-5-7-8-14(6-2,10-16)12-17-11-13(3,4)9-15/h15-16H,5-12H2,1-4H3. The van der Waals surface area contributed by atoms with Crippen molar-refractivity contribution in [3.8, 4) is 0 Å². The van der Waals surface area contributed by atoms with Crippen molar-refractivity contribution < 1.29 is 14.9 Å². The van der Waals surface area contributed by atoms with Crippen molar-refractivity contribution >= 4 is 0 Å². The average molecular weight is 246 g/mol. The van der Waals surface area contributed by atoms with Crippen LogP contribution in [0.1, 0.15) is 53.4 Å². The molecule has 0 aliphatic heterocycles. The molecule has 17 heavy (non-hydrogen) atoms. The lowest BCUT2D eigenvalue weighted by Crippen LogP contribution is -2.33. The van der Waals surface area contributed by atoms with Gasteiger partial charge in [0.25, 0.3) is 0 Å². The molecule has 0 aromatic rings. The van der Waals surface area contributed by atoms with E-state index in [0.717, 1.165) is 25.7 Å². The normalized spacial score (nSPS) is 15.9. The van der Waals surface area contributed by atoms with E-state index in [0.29, 0.717) is 13.2 Å². The SMILES string of the molecule is CCCCC(CC)(CO)COCC(C)(C)CO. The minimum atomic E-state index is -0.195. The Hall–Kier alpha value is -0.120. The summed E-state index contributed by atoms with van der Waals surface area (Å²) in [6.45, 7) is 9.65. The summed E-state index contributed by atoms with van der Waals surface area (Å²) in [5, 5.41) is 18.7. The smallest absolute Gasteiger partial charge is 0.0544 e. The lowest BCUT2D eigenvalue weighted by molar-refractivity contribution is -0.0395. The van der Waals surface area contributed by atoms with Gasteiger partial charge in [-0.05, 0) is 12.8 Å². The summed E-state index contributed by atoms with van der Waals surface area (Å²) in [5.74, 6) is 0. The van der Waals surface area contributed by atoms with E-state index in [1.165, 1.54) is 0 Å². The Kier molecular flexibility index (Phi) is 8.01. The van der Waals surface area contributed by atoms with Crippen LogP contribution in [-0.2, 0) is 4.74 Å². The summed E-state index contributed by atoms with van der Waals surface area (Å²) in [6, 6.07) is 0. The Morgan fingerprint density at radius 2 is 1.65 bits per heavy atom. The third kappa shape index (κ3) is 6.39. The fourth-order valence-corrected chi connectivity index (χ4v) is 1.73. The monoisotopic (exact) mass is 246 g/mol. The molecule has 104 valence electrons. The van der Waals surface area contributed by atoms with Crippen molar-refractivity contribution in [1.29, 1.82) is 0 Å². The molecule has 1 atom stereocenters. The molecular formula is C14H30O3. The molecule has 0 fully saturated rings. The molecule has 0 aromatic heterocycles. The van der Waals surface area contributed by atoms with Gasteiger partial charge in [0, 0.05) is 10.8 Å². The van der Waals surface area contributed by atoms with Gasteiger partial charge < -0.3 is 14.9 Å². The van der Waals surface area contributed by atoms with Crippen LogP contribution in [0.4, 0.5) is 0 Å². The van der Waals surface area contributed by atoms with E-state index in [4.69, 9.17) is 9.84 Å². The molecule has 0 rings (SSSR count). The van der Waals surface area contributed by atoms with Crippen molar-refractivity contribution in [2.24, 2.45) is 10.8 Å². The third-order valence-corrected chi connectivity index (χ3v) is 3.48. The van der Waals surface area contributed by atoms with Crippen LogP contribution in [0.5, 0.6) is 0 Å². The number of ether oxygens (including phenoxy) is 1. The summed E-state index contributed by atoms with van der Waals surface area (Å²) in [5.41, 5.74) is -0.290. The van der Waals surface area contributed by atoms with Gasteiger partial charge in [0.1, 0.15) is 0 Å². The molecule has 0 aliphatic rings. The predicted molar refractivity (Wildman–Crippen MR) is 71.0 cm³/mol. The van der Waals surface area contributed by atoms with E-state index in [-0.39, 0.29) is 24.0 Å². The average Bonchev–Trinajstić information content (AvgIpc) is 2.34. The number of rotatable bonds is 10. The van der Waals surface area contributed by atoms with Crippen LogP contribution in [0.25, 0.3) is 0 Å². The third-order valence-electron chi connectivity index (χ3n) is 3.48. The molecule has 0 spiro atoms. The van der Waals surface area contributed by atoms with Crippen LogP contribution in [0, 0.1) is 10.8 Å². The number of hydrogen-bond acceptors (Lipinski definition) is 3. The van der Waals surface area contributed by atoms with Crippen LogP contribution in [0.3, 0.4) is 0 Å². The Morgan fingerprint density at radius 1 is 1.00 bits per heavy atom. The minimum absolute atomic E-state index is 0.0957. The minimum Gasteiger partial charge on any atom is -0.396 e. The second-order valence-corrected chi connectivity index (χ2v) is 5.93. The highest BCUT2D eigenvalue weighted by atomic mass is 16.5. The molecule has 0 amide bonds. The van der Waals surface area contributed by atoms with Crippen LogP contribution in [0.2, 0.25) is 0 Å². The molecule has 2 N–H and O–H groups in total. The maximum Gasteiger partial charge on any atom is 0.0544 e. The first-order valence-electron chi connectivity index (χ1n) is 6.75. The van der Waals surface area contributed by atoms with Gasteiger partial charge in [-0.1, -0.05) is 40.5 Å². The fraction of sp³-hybridized carbons (Fsp3) is 1.00. The van der Waals surface area contributed by atoms with Gasteiger partial charge in [-0.25, -0.2) is 0 Å². The van der Waals surface area contributed by atoms with Gasteiger partial charge >= 0.3 is 0 Å². The second-order valence-electron chi connectivity index (χ2n) is 5.93. The Bertz CT molecular complexity index is 186. The lowest BCUT2D eigenvalue weighted by atomic mass is 9.82. The van der Waals surface area contributed by atoms with Crippen LogP contribution >= 0.6 is 0 Å². The molecule has 0 aromatic carbocycles. The zero-order valence-corrected chi connectivity index (χ0v) is 12.0. The lowest BCUT2D eigenvalue weighted by Gasteiger charge is -2.32. The number of aliphatic hydroxyl groups is 2. The van der Waals surface area contributed by atoms with Gasteiger partial charge in [0.05, 0.1) is 26.4 Å². The van der Waals surface area contributed by atoms with Gasteiger partial charge in [-0.2, -0.15) is 0 Å². The fourth-order valence-electron chi connectivity index (χ4n) is 1.73. The number of hydrogen-bond donors (Lipinski definition) is 2. The van der Waals surface area contributed by atoms with E-state index >= 15 is 0 Å². The van der Waals surface area contributed by atoms with Crippen molar-refractivity contribution in [2.45, 2.75) is 53.4 Å². The maximum atomic E-state index is 9.56. The Labute approximate surface area is 106 Å². The molecule has 0 aliphatic carbocycles. The van der Waals surface area contributed by atoms with E-state index in [1.807, 2.05) is 13.8 Å². The molecule has 0 saturated carbocycles. The highest BCUT2D eigenvalue weighted by Crippen LogP contribution is 2.29. The molecule has 1 unspecified atom stereocenters. The zero-order chi connectivity index (χ0) is 13.4. The summed E-state index contributed by atoms with van der Waals surface area (Å²) in [6.07, 6.45) is 4.21. The van der Waals surface area contributed by atoms with Crippen molar-refractivity contribution in [1.82, 2.24) is 0 Å². The highest BCUT2D eigenvalue weighted by Gasteiger charge is 2.28. The molecule has 0 heterocycles. The highest BCUT2D eigenvalue weighted by molar-refractivity contribution is 4.77. The van der Waals surface area contributed by atoms with Gasteiger partial charge in [-0.3, -0.25) is 0 Å². The number of unbranched alkanes of at least 4 members (excludes halogenated alkanes) is 1. The van der Waals surface area contributed by atoms with Crippen molar-refractivity contribution in [3.05, 3.63) is 0 Å². The predicted octanol–water partition coefficient (Wildman–Crippen LogP) is 2.60. The summed E-state index contributed by atoms with van der Waals surface area (Å²) >= 11 is 0. The summed E-state index contributed by atoms with van der Waals surface area (Å²) in [7, 11) is 0. The first-order chi connectivity index (χ1) is 7.95. The molecule has 3 heteroatoms. The van der Waals surface area contributed by atoms with E-state index in [9.17, 15) is 5.11 Å². The largest absolute Gasteiger partial charge is 0.396 e. The molecule has 0 saturated heterocycles. The van der Waals surface area contributed by atoms with Crippen LogP contribution in [-0.4, -0.2) is 36.6 Å². The maximum absolute atomic E-state index is 9.56. The Morgan fingerprint density at radius 3 is 2.06 bits per heavy atom. The van der Waals surface area contributed by atoms with Crippen molar-refractivity contribution in [3.63, 3.8) is 0 Å². The molecule has 0 radical (unpaired) electrons. The van der Waals surface area contributed by atoms with Gasteiger partial charge in [0.2, 0.25) is 0 Å². The van der Waals surface area contributed by atoms with Crippen molar-refractivity contribution in [2.75, 3.05) is 26.4 Å². The number of aliphatic hydroxyl groups excluding tert-OH is 2. The van der Waals surface area contributed by atoms with E-state index in [1.54, 1.807) is 0 Å². The van der Waals surface area contributed by atoms with Crippen LogP contribution in [0.15, 0.2) is 0 Å². The summed E-state index contributed by atoms with van der Waals surface area (Å²) in [4.78, 5) is 0. The first-order valence-corrected chi connectivity index (χ1v) is 6.75. The zero-order valence-electron chi connectivity index (χ0n) is 12.0. The van der Waals surface area contributed by atoms with E-state index in [2.05, 4.69) is 13.8 Å². The summed E-state index contributed by atoms with van der Waals surface area (Å²) < 4.78 is 5.71. The van der Waals surface area contributed by atoms with Gasteiger partial charge in [0.15, 0.2) is 0 Å². The quantitative estimate of drug-likeness (QED) is 0.623. The molecular weight excluding hydrogens is 216 g/mol. The van der Waals surface area contributed by atoms with Gasteiger partial charge in [-0.15, -0.1) is 0 Å². The van der Waals surface area contributed by atoms with Crippen LogP contribution < -0.4 is 0 Å². The molecule has 3 nitrogen and oxygen atoms in total.